The van der Waals surface area contributed by atoms with Gasteiger partial charge in [0.15, 0.2) is 0 Å². The van der Waals surface area contributed by atoms with E-state index in [1.54, 1.807) is 0 Å². The van der Waals surface area contributed by atoms with Crippen LogP contribution in [0.3, 0.4) is 0 Å². The van der Waals surface area contributed by atoms with Gasteiger partial charge in [-0.15, -0.1) is 0 Å². The van der Waals surface area contributed by atoms with E-state index in [1.807, 2.05) is 6.08 Å². The number of benzene rings is 3. The molecular weight excluding hydrogens is 348 g/mol. The molecule has 1 unspecified atom stereocenters. The van der Waals surface area contributed by atoms with Crippen molar-refractivity contribution in [1.29, 1.82) is 0 Å². The van der Waals surface area contributed by atoms with E-state index in [0.717, 1.165) is 6.42 Å². The topological polar surface area (TPSA) is 0 Å². The Bertz CT molecular complexity index is 1110. The summed E-state index contributed by atoms with van der Waals surface area (Å²) in [5.74, 6) is 0. The lowest BCUT2D eigenvalue weighted by atomic mass is 9.66. The van der Waals surface area contributed by atoms with E-state index in [1.165, 1.54) is 44.5 Å². The van der Waals surface area contributed by atoms with Crippen LogP contribution in [-0.2, 0) is 11.8 Å². The van der Waals surface area contributed by atoms with Crippen molar-refractivity contribution in [3.05, 3.63) is 137 Å². The predicted molar refractivity (Wildman–Crippen MR) is 125 cm³/mol. The molecule has 0 N–H and O–H groups in total. The third kappa shape index (κ3) is 2.83. The summed E-state index contributed by atoms with van der Waals surface area (Å²) >= 11 is 0. The number of hydrogen-bond acceptors (Lipinski definition) is 0. The highest BCUT2D eigenvalue weighted by Crippen LogP contribution is 2.57. The fraction of sp³-hybridized carbons (Fsp3) is 0.172. The maximum absolute atomic E-state index is 4.06. The molecular formula is C29H28. The molecule has 0 fully saturated rings. The third-order valence-electron chi connectivity index (χ3n) is 6.21. The van der Waals surface area contributed by atoms with Gasteiger partial charge >= 0.3 is 0 Å². The normalized spacial score (nSPS) is 20.8. The lowest BCUT2D eigenvalue weighted by Crippen LogP contribution is -2.29. The maximum atomic E-state index is 4.06. The van der Waals surface area contributed by atoms with Gasteiger partial charge in [-0.3, -0.25) is 0 Å². The zero-order valence-corrected chi connectivity index (χ0v) is 17.6. The van der Waals surface area contributed by atoms with Crippen LogP contribution in [0.5, 0.6) is 0 Å². The van der Waals surface area contributed by atoms with Gasteiger partial charge in [0.05, 0.1) is 5.41 Å². The summed E-state index contributed by atoms with van der Waals surface area (Å²) in [6.07, 6.45) is 7.42. The van der Waals surface area contributed by atoms with Crippen LogP contribution in [0.1, 0.15) is 47.2 Å². The van der Waals surface area contributed by atoms with Crippen molar-refractivity contribution in [1.82, 2.24) is 0 Å². The first-order chi connectivity index (χ1) is 14.2. The Hall–Kier alpha value is -3.12. The average molecular weight is 377 g/mol. The van der Waals surface area contributed by atoms with E-state index in [2.05, 4.69) is 112 Å². The molecule has 0 amide bonds. The van der Waals surface area contributed by atoms with Crippen LogP contribution >= 0.6 is 0 Å². The second kappa shape index (κ2) is 7.72. The van der Waals surface area contributed by atoms with E-state index < -0.39 is 0 Å². The Morgan fingerprint density at radius 3 is 2.28 bits per heavy atom. The van der Waals surface area contributed by atoms with E-state index in [0.29, 0.717) is 0 Å². The molecule has 0 heteroatoms. The highest BCUT2D eigenvalue weighted by atomic mass is 14.5. The second-order valence-electron chi connectivity index (χ2n) is 7.68. The maximum Gasteiger partial charge on any atom is 0.0716 e. The standard InChI is InChI=1S/C29H28/c1-5-13-27-24(7-3)25-19-18-22(6-2)20-28(25)29(27,23-15-9-8-10-16-23)26-17-12-11-14-21(26)4/h5,7-20H,1,6H2,2-4H3/b24-7-,27-13+. The summed E-state index contributed by atoms with van der Waals surface area (Å²) < 4.78 is 0. The molecule has 0 aliphatic heterocycles. The van der Waals surface area contributed by atoms with Crippen molar-refractivity contribution in [2.75, 3.05) is 0 Å². The molecule has 1 aliphatic rings. The number of aryl methyl sites for hydroxylation is 2. The number of rotatable bonds is 4. The molecule has 0 heterocycles. The van der Waals surface area contributed by atoms with Crippen LogP contribution in [0.2, 0.25) is 0 Å². The molecule has 3 aromatic rings. The van der Waals surface area contributed by atoms with Gasteiger partial charge in [-0.1, -0.05) is 105 Å². The fourth-order valence-electron chi connectivity index (χ4n) is 4.93. The highest BCUT2D eigenvalue weighted by molar-refractivity contribution is 5.94. The summed E-state index contributed by atoms with van der Waals surface area (Å²) in [6, 6.07) is 26.7. The van der Waals surface area contributed by atoms with Crippen LogP contribution in [0.25, 0.3) is 5.57 Å². The van der Waals surface area contributed by atoms with Crippen molar-refractivity contribution >= 4 is 5.57 Å². The molecule has 3 aromatic carbocycles. The molecule has 29 heavy (non-hydrogen) atoms. The Morgan fingerprint density at radius 1 is 0.897 bits per heavy atom. The van der Waals surface area contributed by atoms with Gasteiger partial charge in [-0.25, -0.2) is 0 Å². The van der Waals surface area contributed by atoms with Gasteiger partial charge in [0, 0.05) is 0 Å². The number of allylic oxidation sites excluding steroid dienone is 5. The van der Waals surface area contributed by atoms with Gasteiger partial charge in [-0.2, -0.15) is 0 Å². The fourth-order valence-corrected chi connectivity index (χ4v) is 4.93. The van der Waals surface area contributed by atoms with Crippen molar-refractivity contribution in [2.45, 2.75) is 32.6 Å². The molecule has 0 spiro atoms. The van der Waals surface area contributed by atoms with Crippen LogP contribution in [0, 0.1) is 6.92 Å². The van der Waals surface area contributed by atoms with Gasteiger partial charge < -0.3 is 0 Å². The lowest BCUT2D eigenvalue weighted by molar-refractivity contribution is 0.760. The third-order valence-corrected chi connectivity index (χ3v) is 6.21. The van der Waals surface area contributed by atoms with Crippen molar-refractivity contribution in [3.63, 3.8) is 0 Å². The van der Waals surface area contributed by atoms with Crippen LogP contribution < -0.4 is 0 Å². The molecule has 1 atom stereocenters. The Morgan fingerprint density at radius 2 is 1.62 bits per heavy atom. The summed E-state index contributed by atoms with van der Waals surface area (Å²) in [6.45, 7) is 10.7. The largest absolute Gasteiger partial charge is 0.0991 e. The minimum absolute atomic E-state index is 0.344. The van der Waals surface area contributed by atoms with Crippen LogP contribution in [-0.4, -0.2) is 0 Å². The molecule has 0 saturated heterocycles. The quantitative estimate of drug-likeness (QED) is 0.444. The molecule has 4 rings (SSSR count). The Labute approximate surface area is 174 Å². The summed E-state index contributed by atoms with van der Waals surface area (Å²) in [7, 11) is 0. The van der Waals surface area contributed by atoms with Gasteiger partial charge in [-0.05, 0) is 64.8 Å². The van der Waals surface area contributed by atoms with Crippen LogP contribution in [0.4, 0.5) is 0 Å². The molecule has 1 aliphatic carbocycles. The zero-order chi connectivity index (χ0) is 20.4. The number of fused-ring (bicyclic) bond motifs is 1. The summed E-state index contributed by atoms with van der Waals surface area (Å²) in [5, 5.41) is 0. The van der Waals surface area contributed by atoms with Crippen molar-refractivity contribution in [3.8, 4) is 0 Å². The Balaban J connectivity index is 2.24. The minimum atomic E-state index is -0.344. The van der Waals surface area contributed by atoms with E-state index in [9.17, 15) is 0 Å². The van der Waals surface area contributed by atoms with Crippen molar-refractivity contribution in [2.24, 2.45) is 0 Å². The summed E-state index contributed by atoms with van der Waals surface area (Å²) in [5.41, 5.74) is 10.3. The zero-order valence-electron chi connectivity index (χ0n) is 17.6. The highest BCUT2D eigenvalue weighted by Gasteiger charge is 2.48. The SMILES string of the molecule is C=C/C=C1\C(=C/C)c2ccc(CC)cc2C1(c1ccccc1)c1ccccc1C. The predicted octanol–water partition coefficient (Wildman–Crippen LogP) is 7.42. The van der Waals surface area contributed by atoms with E-state index >= 15 is 0 Å². The van der Waals surface area contributed by atoms with Crippen LogP contribution in [0.15, 0.2) is 103 Å². The molecule has 0 aromatic heterocycles. The minimum Gasteiger partial charge on any atom is -0.0991 e. The number of hydrogen-bond donors (Lipinski definition) is 0. The van der Waals surface area contributed by atoms with Gasteiger partial charge in [0.25, 0.3) is 0 Å². The van der Waals surface area contributed by atoms with E-state index in [4.69, 9.17) is 0 Å². The summed E-state index contributed by atoms with van der Waals surface area (Å²) in [4.78, 5) is 0. The second-order valence-corrected chi connectivity index (χ2v) is 7.68. The lowest BCUT2D eigenvalue weighted by Gasteiger charge is -2.35. The molecule has 0 saturated carbocycles. The molecule has 144 valence electrons. The average Bonchev–Trinajstić information content (AvgIpc) is 3.04. The molecule has 0 radical (unpaired) electrons. The van der Waals surface area contributed by atoms with E-state index in [-0.39, 0.29) is 5.41 Å². The van der Waals surface area contributed by atoms with Gasteiger partial charge in [0.1, 0.15) is 0 Å². The monoisotopic (exact) mass is 376 g/mol. The molecule has 0 nitrogen and oxygen atoms in total. The first-order valence-corrected chi connectivity index (χ1v) is 10.4. The van der Waals surface area contributed by atoms with Gasteiger partial charge in [0.2, 0.25) is 0 Å². The first kappa shape index (κ1) is 19.2. The Kier molecular flexibility index (Phi) is 5.11. The smallest absolute Gasteiger partial charge is 0.0716 e. The first-order valence-electron chi connectivity index (χ1n) is 10.4. The van der Waals surface area contributed by atoms with Crippen molar-refractivity contribution < 1.29 is 0 Å². The molecule has 0 bridgehead atoms.